The minimum atomic E-state index is -0.953. The number of rotatable bonds is 3. The summed E-state index contributed by atoms with van der Waals surface area (Å²) < 4.78 is 6.74. The Kier molecular flexibility index (Phi) is 5.48. The van der Waals surface area contributed by atoms with Crippen LogP contribution in [-0.2, 0) is 4.74 Å². The highest BCUT2D eigenvalue weighted by Gasteiger charge is 2.38. The molecule has 1 aliphatic carbocycles. The number of ether oxygens (including phenoxy) is 1. The van der Waals surface area contributed by atoms with Crippen LogP contribution in [0.1, 0.15) is 57.3 Å². The molecule has 0 radical (unpaired) electrons. The number of aliphatic hydroxyl groups is 1. The van der Waals surface area contributed by atoms with Gasteiger partial charge in [0.15, 0.2) is 5.65 Å². The first-order chi connectivity index (χ1) is 13.4. The molecule has 2 N–H and O–H groups in total. The maximum Gasteiger partial charge on any atom is 0.415 e. The van der Waals surface area contributed by atoms with Crippen LogP contribution in [0.5, 0.6) is 0 Å². The van der Waals surface area contributed by atoms with Gasteiger partial charge in [-0.1, -0.05) is 11.6 Å². The van der Waals surface area contributed by atoms with E-state index in [2.05, 4.69) is 15.4 Å². The zero-order valence-electron chi connectivity index (χ0n) is 17.2. The number of amides is 2. The molecular formula is C19H26ClN5O4. The lowest BCUT2D eigenvalue weighted by Gasteiger charge is -2.26. The first-order valence-corrected chi connectivity index (χ1v) is 9.81. The van der Waals surface area contributed by atoms with Crippen LogP contribution >= 0.6 is 11.6 Å². The molecule has 2 aromatic heterocycles. The Morgan fingerprint density at radius 3 is 2.72 bits per heavy atom. The molecule has 1 fully saturated rings. The smallest absolute Gasteiger partial charge is 0.415 e. The molecule has 9 nitrogen and oxygen atoms in total. The molecule has 2 heterocycles. The van der Waals surface area contributed by atoms with Crippen LogP contribution in [0.15, 0.2) is 12.3 Å². The molecule has 1 saturated carbocycles. The molecule has 1 aliphatic rings. The molecular weight excluding hydrogens is 398 g/mol. The van der Waals surface area contributed by atoms with Crippen LogP contribution in [0.4, 0.5) is 10.6 Å². The van der Waals surface area contributed by atoms with E-state index < -0.39 is 23.2 Å². The molecule has 0 unspecified atom stereocenters. The van der Waals surface area contributed by atoms with E-state index >= 15 is 0 Å². The molecule has 3 rings (SSSR count). The van der Waals surface area contributed by atoms with Crippen LogP contribution in [0.25, 0.3) is 5.65 Å². The minimum Gasteiger partial charge on any atom is -0.443 e. The Hall–Kier alpha value is -2.39. The van der Waals surface area contributed by atoms with Gasteiger partial charge in [0, 0.05) is 13.1 Å². The summed E-state index contributed by atoms with van der Waals surface area (Å²) in [7, 11) is 1.52. The van der Waals surface area contributed by atoms with Gasteiger partial charge in [0.2, 0.25) is 0 Å². The molecule has 10 heteroatoms. The standard InChI is InChI=1S/C19H26ClN5O4/c1-18(2,3)29-17(27)24(5)14-9-13(20)23-15-11(10-21-25(14)15)16(26)22-12-7-6-8-19(12,4)28/h9-10,12,28H,6-8H2,1-5H3,(H,22,26)/t12-,19-/m0/s1. The lowest BCUT2D eigenvalue weighted by Crippen LogP contribution is -2.47. The fraction of sp³-hybridized carbons (Fsp3) is 0.579. The van der Waals surface area contributed by atoms with Crippen molar-refractivity contribution in [1.82, 2.24) is 19.9 Å². The average Bonchev–Trinajstić information content (AvgIpc) is 3.15. The highest BCUT2D eigenvalue weighted by molar-refractivity contribution is 6.30. The number of carbonyl (C=O) groups excluding carboxylic acids is 2. The number of nitrogens with zero attached hydrogens (tertiary/aromatic N) is 4. The lowest BCUT2D eigenvalue weighted by atomic mass is 10.0. The largest absolute Gasteiger partial charge is 0.443 e. The van der Waals surface area contributed by atoms with E-state index in [9.17, 15) is 14.7 Å². The van der Waals surface area contributed by atoms with Gasteiger partial charge in [0.1, 0.15) is 22.1 Å². The van der Waals surface area contributed by atoms with E-state index in [1.54, 1.807) is 27.7 Å². The van der Waals surface area contributed by atoms with Crippen molar-refractivity contribution in [2.24, 2.45) is 0 Å². The molecule has 0 aliphatic heterocycles. The predicted octanol–water partition coefficient (Wildman–Crippen LogP) is 2.79. The molecule has 2 amide bonds. The average molecular weight is 424 g/mol. The second kappa shape index (κ2) is 7.46. The summed E-state index contributed by atoms with van der Waals surface area (Å²) in [5.41, 5.74) is -1.22. The SMILES string of the molecule is CN(C(=O)OC(C)(C)C)c1cc(Cl)nc2c(C(=O)N[C@H]3CCC[C@]3(C)O)cnn12. The van der Waals surface area contributed by atoms with Crippen LogP contribution < -0.4 is 10.2 Å². The maximum absolute atomic E-state index is 12.8. The van der Waals surface area contributed by atoms with Gasteiger partial charge in [-0.05, 0) is 47.0 Å². The third kappa shape index (κ3) is 4.45. The van der Waals surface area contributed by atoms with Gasteiger partial charge in [-0.2, -0.15) is 9.61 Å². The molecule has 29 heavy (non-hydrogen) atoms. The molecule has 0 saturated heterocycles. The van der Waals surface area contributed by atoms with Crippen LogP contribution in [0, 0.1) is 0 Å². The van der Waals surface area contributed by atoms with Crippen molar-refractivity contribution in [1.29, 1.82) is 0 Å². The van der Waals surface area contributed by atoms with E-state index in [1.165, 1.54) is 28.7 Å². The summed E-state index contributed by atoms with van der Waals surface area (Å²) in [6, 6.07) is 1.11. The van der Waals surface area contributed by atoms with E-state index in [1.807, 2.05) is 0 Å². The summed E-state index contributed by atoms with van der Waals surface area (Å²) in [6.45, 7) is 7.01. The zero-order chi connectivity index (χ0) is 21.6. The van der Waals surface area contributed by atoms with Gasteiger partial charge < -0.3 is 15.2 Å². The quantitative estimate of drug-likeness (QED) is 0.734. The number of anilines is 1. The maximum atomic E-state index is 12.8. The van der Waals surface area contributed by atoms with Crippen molar-refractivity contribution >= 4 is 35.1 Å². The number of carbonyl (C=O) groups is 2. The summed E-state index contributed by atoms with van der Waals surface area (Å²) in [5, 5.41) is 17.6. The van der Waals surface area contributed by atoms with E-state index in [-0.39, 0.29) is 22.4 Å². The van der Waals surface area contributed by atoms with Crippen LogP contribution in [0.3, 0.4) is 0 Å². The van der Waals surface area contributed by atoms with Gasteiger partial charge in [0.25, 0.3) is 5.91 Å². The van der Waals surface area contributed by atoms with Crippen molar-refractivity contribution < 1.29 is 19.4 Å². The first kappa shape index (κ1) is 21.3. The molecule has 2 aromatic rings. The molecule has 158 valence electrons. The first-order valence-electron chi connectivity index (χ1n) is 9.43. The van der Waals surface area contributed by atoms with Crippen LogP contribution in [0.2, 0.25) is 5.15 Å². The summed E-state index contributed by atoms with van der Waals surface area (Å²) in [6.07, 6.45) is 2.93. The van der Waals surface area contributed by atoms with Crippen molar-refractivity contribution in [2.75, 3.05) is 11.9 Å². The topological polar surface area (TPSA) is 109 Å². The van der Waals surface area contributed by atoms with Crippen molar-refractivity contribution in [3.05, 3.63) is 23.0 Å². The van der Waals surface area contributed by atoms with Gasteiger partial charge in [-0.15, -0.1) is 0 Å². The van der Waals surface area contributed by atoms with Crippen molar-refractivity contribution in [2.45, 2.75) is 64.2 Å². The lowest BCUT2D eigenvalue weighted by molar-refractivity contribution is 0.0368. The highest BCUT2D eigenvalue weighted by atomic mass is 35.5. The molecule has 0 spiro atoms. The van der Waals surface area contributed by atoms with E-state index in [0.717, 1.165) is 6.42 Å². The van der Waals surface area contributed by atoms with E-state index in [0.29, 0.717) is 18.7 Å². The fourth-order valence-electron chi connectivity index (χ4n) is 3.35. The second-order valence-electron chi connectivity index (χ2n) is 8.55. The monoisotopic (exact) mass is 423 g/mol. The fourth-order valence-corrected chi connectivity index (χ4v) is 3.53. The number of aromatic nitrogens is 3. The Morgan fingerprint density at radius 2 is 2.14 bits per heavy atom. The Balaban J connectivity index is 1.93. The predicted molar refractivity (Wildman–Crippen MR) is 108 cm³/mol. The van der Waals surface area contributed by atoms with Gasteiger partial charge >= 0.3 is 6.09 Å². The summed E-state index contributed by atoms with van der Waals surface area (Å²) in [4.78, 5) is 30.7. The minimum absolute atomic E-state index is 0.102. The van der Waals surface area contributed by atoms with Crippen molar-refractivity contribution in [3.63, 3.8) is 0 Å². The van der Waals surface area contributed by atoms with Crippen LogP contribution in [-0.4, -0.2) is 56.0 Å². The second-order valence-corrected chi connectivity index (χ2v) is 8.93. The molecule has 2 atom stereocenters. The van der Waals surface area contributed by atoms with E-state index in [4.69, 9.17) is 16.3 Å². The molecule has 0 bridgehead atoms. The number of hydrogen-bond donors (Lipinski definition) is 2. The van der Waals surface area contributed by atoms with Gasteiger partial charge in [0.05, 0.1) is 17.8 Å². The Labute approximate surface area is 174 Å². The van der Waals surface area contributed by atoms with Gasteiger partial charge in [-0.3, -0.25) is 9.69 Å². The highest BCUT2D eigenvalue weighted by Crippen LogP contribution is 2.30. The Bertz CT molecular complexity index is 950. The molecule has 0 aromatic carbocycles. The number of nitrogens with one attached hydrogen (secondary N) is 1. The third-order valence-corrected chi connectivity index (χ3v) is 5.10. The summed E-state index contributed by atoms with van der Waals surface area (Å²) in [5.74, 6) is -0.103. The number of hydrogen-bond acceptors (Lipinski definition) is 6. The number of halogens is 1. The number of fused-ring (bicyclic) bond motifs is 1. The van der Waals surface area contributed by atoms with Gasteiger partial charge in [-0.25, -0.2) is 9.78 Å². The van der Waals surface area contributed by atoms with Crippen molar-refractivity contribution in [3.8, 4) is 0 Å². The Morgan fingerprint density at radius 1 is 1.45 bits per heavy atom. The zero-order valence-corrected chi connectivity index (χ0v) is 17.9. The normalized spacial score (nSPS) is 22.0. The third-order valence-electron chi connectivity index (χ3n) is 4.91. The summed E-state index contributed by atoms with van der Waals surface area (Å²) >= 11 is 6.15.